The Labute approximate surface area is 216 Å². The number of hydrogen-bond donors (Lipinski definition) is 1. The van der Waals surface area contributed by atoms with Crippen LogP contribution < -0.4 is 5.69 Å². The van der Waals surface area contributed by atoms with Gasteiger partial charge in [-0.2, -0.15) is 5.21 Å². The molecule has 2 aromatic heterocycles. The molecule has 37 heavy (non-hydrogen) atoms. The predicted octanol–water partition coefficient (Wildman–Crippen LogP) is 5.42. The molecule has 0 radical (unpaired) electrons. The van der Waals surface area contributed by atoms with E-state index in [1.165, 1.54) is 23.8 Å². The number of carbonyl (C=O) groups excluding carboxylic acids is 1. The van der Waals surface area contributed by atoms with E-state index >= 15 is 0 Å². The van der Waals surface area contributed by atoms with E-state index in [2.05, 4.69) is 39.7 Å². The summed E-state index contributed by atoms with van der Waals surface area (Å²) in [5.74, 6) is 0.887. The van der Waals surface area contributed by atoms with E-state index in [1.54, 1.807) is 4.57 Å². The van der Waals surface area contributed by atoms with Gasteiger partial charge in [-0.1, -0.05) is 81.1 Å². The zero-order chi connectivity index (χ0) is 25.8. The lowest BCUT2D eigenvalue weighted by atomic mass is 9.87. The minimum Gasteiger partial charge on any atom is -0.291 e. The third kappa shape index (κ3) is 5.19. The fourth-order valence-corrected chi connectivity index (χ4v) is 5.62. The van der Waals surface area contributed by atoms with Crippen LogP contribution in [0.5, 0.6) is 0 Å². The van der Waals surface area contributed by atoms with Gasteiger partial charge < -0.3 is 0 Å². The molecule has 2 aromatic carbocycles. The van der Waals surface area contributed by atoms with E-state index < -0.39 is 0 Å². The van der Waals surface area contributed by atoms with Gasteiger partial charge in [0.2, 0.25) is 11.7 Å². The minimum absolute atomic E-state index is 0.0566. The molecule has 192 valence electrons. The number of aromatic nitrogens is 6. The van der Waals surface area contributed by atoms with E-state index in [0.29, 0.717) is 24.7 Å². The molecule has 5 rings (SSSR count). The van der Waals surface area contributed by atoms with Crippen molar-refractivity contribution < 1.29 is 4.79 Å². The Bertz CT molecular complexity index is 1410. The van der Waals surface area contributed by atoms with Crippen LogP contribution >= 0.6 is 0 Å². The summed E-state index contributed by atoms with van der Waals surface area (Å²) in [4.78, 5) is 26.8. The van der Waals surface area contributed by atoms with Gasteiger partial charge in [0, 0.05) is 23.4 Å². The average molecular weight is 499 g/mol. The van der Waals surface area contributed by atoms with Gasteiger partial charge in [0.25, 0.3) is 0 Å². The van der Waals surface area contributed by atoms with Gasteiger partial charge in [0.15, 0.2) is 0 Å². The third-order valence-electron chi connectivity index (χ3n) is 7.54. The van der Waals surface area contributed by atoms with Crippen LogP contribution in [-0.2, 0) is 13.0 Å². The van der Waals surface area contributed by atoms with Crippen LogP contribution in [0.1, 0.15) is 73.6 Å². The van der Waals surface area contributed by atoms with Crippen LogP contribution in [-0.4, -0.2) is 35.7 Å². The van der Waals surface area contributed by atoms with Gasteiger partial charge in [0.1, 0.15) is 0 Å². The van der Waals surface area contributed by atoms with Gasteiger partial charge in [-0.05, 0) is 54.0 Å². The molecular formula is C29H34N6O2. The van der Waals surface area contributed by atoms with Gasteiger partial charge in [0.05, 0.1) is 6.54 Å². The molecule has 0 aliphatic heterocycles. The Balaban J connectivity index is 1.41. The van der Waals surface area contributed by atoms with Crippen LogP contribution in [0.2, 0.25) is 0 Å². The summed E-state index contributed by atoms with van der Waals surface area (Å²) in [6.45, 7) is 4.45. The van der Waals surface area contributed by atoms with Crippen LogP contribution in [0.3, 0.4) is 0 Å². The summed E-state index contributed by atoms with van der Waals surface area (Å²) in [5, 5.41) is 14.5. The topological polar surface area (TPSA) is 98.5 Å². The van der Waals surface area contributed by atoms with E-state index in [0.717, 1.165) is 59.3 Å². The summed E-state index contributed by atoms with van der Waals surface area (Å²) in [7, 11) is 0. The Morgan fingerprint density at radius 2 is 1.76 bits per heavy atom. The van der Waals surface area contributed by atoms with Crippen molar-refractivity contribution in [2.75, 3.05) is 0 Å². The molecule has 1 fully saturated rings. The molecule has 0 amide bonds. The number of H-pyrrole nitrogens is 1. The number of rotatable bonds is 8. The number of benzene rings is 2. The summed E-state index contributed by atoms with van der Waals surface area (Å²) in [5.41, 5.74) is 5.48. The number of tetrazole rings is 1. The van der Waals surface area contributed by atoms with E-state index in [-0.39, 0.29) is 11.6 Å². The van der Waals surface area contributed by atoms with Crippen molar-refractivity contribution >= 4 is 5.91 Å². The summed E-state index contributed by atoms with van der Waals surface area (Å²) in [6.07, 6.45) is 7.93. The van der Waals surface area contributed by atoms with Crippen molar-refractivity contribution in [2.24, 2.45) is 5.92 Å². The number of nitrogens with one attached hydrogen (secondary N) is 1. The summed E-state index contributed by atoms with van der Waals surface area (Å²) >= 11 is 0. The highest BCUT2D eigenvalue weighted by Gasteiger charge is 2.24. The van der Waals surface area contributed by atoms with Crippen molar-refractivity contribution in [3.8, 4) is 22.5 Å². The number of hydrogen-bond acceptors (Lipinski definition) is 5. The molecule has 8 nitrogen and oxygen atoms in total. The van der Waals surface area contributed by atoms with E-state index in [1.807, 2.05) is 43.3 Å². The first-order chi connectivity index (χ1) is 18.1. The highest BCUT2D eigenvalue weighted by Crippen LogP contribution is 2.30. The molecule has 0 unspecified atom stereocenters. The van der Waals surface area contributed by atoms with E-state index in [4.69, 9.17) is 0 Å². The summed E-state index contributed by atoms with van der Waals surface area (Å²) < 4.78 is 3.23. The Morgan fingerprint density at radius 1 is 1.03 bits per heavy atom. The molecule has 0 saturated heterocycles. The molecule has 8 heteroatoms. The smallest absolute Gasteiger partial charge is 0.291 e. The fourth-order valence-electron chi connectivity index (χ4n) is 5.62. The van der Waals surface area contributed by atoms with Crippen molar-refractivity contribution in [1.29, 1.82) is 0 Å². The average Bonchev–Trinajstić information content (AvgIpc) is 3.53. The maximum Gasteiger partial charge on any atom is 0.335 e. The standard InChI is InChI=1S/C29H34N6O2/c1-3-9-26-20(2)35(27(36)18-21-10-5-4-6-11-21)29(37)34(26)19-22-14-16-23(17-15-22)24-12-7-8-13-25(24)28-30-32-33-31-28/h7-8,12-17,21H,3-6,9-11,18-19H2,1-2H3,(H,30,31,32,33). The zero-order valence-electron chi connectivity index (χ0n) is 21.6. The SMILES string of the molecule is CCCc1c(C)n(C(=O)CC2CCCCC2)c(=O)n1Cc1ccc(-c2ccccc2-c2nn[nH]n2)cc1. The number of carbonyl (C=O) groups is 1. The van der Waals surface area contributed by atoms with E-state index in [9.17, 15) is 9.59 Å². The monoisotopic (exact) mass is 498 g/mol. The van der Waals surface area contributed by atoms with Crippen LogP contribution in [0.25, 0.3) is 22.5 Å². The molecule has 1 N–H and O–H groups in total. The van der Waals surface area contributed by atoms with Crippen LogP contribution in [0.15, 0.2) is 53.3 Å². The lowest BCUT2D eigenvalue weighted by molar-refractivity contribution is 0.0861. The second-order valence-corrected chi connectivity index (χ2v) is 10.1. The molecule has 0 spiro atoms. The maximum atomic E-state index is 13.5. The predicted molar refractivity (Wildman–Crippen MR) is 143 cm³/mol. The normalized spacial score (nSPS) is 14.2. The number of imidazole rings is 1. The lowest BCUT2D eigenvalue weighted by Gasteiger charge is -2.20. The second kappa shape index (κ2) is 11.1. The second-order valence-electron chi connectivity index (χ2n) is 10.1. The van der Waals surface area contributed by atoms with Gasteiger partial charge >= 0.3 is 5.69 Å². The Hall–Kier alpha value is -3.81. The highest BCUT2D eigenvalue weighted by atomic mass is 16.2. The first-order valence-corrected chi connectivity index (χ1v) is 13.3. The number of aromatic amines is 1. The zero-order valence-corrected chi connectivity index (χ0v) is 21.6. The first kappa shape index (κ1) is 24.9. The largest absolute Gasteiger partial charge is 0.335 e. The third-order valence-corrected chi connectivity index (χ3v) is 7.54. The molecule has 1 aliphatic carbocycles. The molecule has 1 saturated carbocycles. The maximum absolute atomic E-state index is 13.5. The molecule has 0 bridgehead atoms. The van der Waals surface area contributed by atoms with Gasteiger partial charge in [-0.15, -0.1) is 10.2 Å². The van der Waals surface area contributed by atoms with Crippen LogP contribution in [0.4, 0.5) is 0 Å². The van der Waals surface area contributed by atoms with Gasteiger partial charge in [-0.25, -0.2) is 9.36 Å². The van der Waals surface area contributed by atoms with Crippen molar-refractivity contribution in [3.05, 3.63) is 76.0 Å². The minimum atomic E-state index is -0.215. The molecule has 4 aromatic rings. The Morgan fingerprint density at radius 3 is 2.43 bits per heavy atom. The lowest BCUT2D eigenvalue weighted by Crippen LogP contribution is -2.31. The first-order valence-electron chi connectivity index (χ1n) is 13.3. The van der Waals surface area contributed by atoms with Crippen LogP contribution in [0, 0.1) is 12.8 Å². The highest BCUT2D eigenvalue weighted by molar-refractivity contribution is 5.81. The van der Waals surface area contributed by atoms with Gasteiger partial charge in [-0.3, -0.25) is 9.36 Å². The van der Waals surface area contributed by atoms with Crippen molar-refractivity contribution in [2.45, 2.75) is 71.8 Å². The fraction of sp³-hybridized carbons (Fsp3) is 0.414. The summed E-state index contributed by atoms with van der Waals surface area (Å²) in [6, 6.07) is 16.1. The number of nitrogens with zero attached hydrogens (tertiary/aromatic N) is 5. The molecular weight excluding hydrogens is 464 g/mol. The molecule has 0 atom stereocenters. The molecule has 1 aliphatic rings. The van der Waals surface area contributed by atoms with Crippen molar-refractivity contribution in [1.82, 2.24) is 29.8 Å². The quantitative estimate of drug-likeness (QED) is 0.350. The molecule has 2 heterocycles. The van der Waals surface area contributed by atoms with Crippen molar-refractivity contribution in [3.63, 3.8) is 0 Å². The Kier molecular flexibility index (Phi) is 7.44.